The van der Waals surface area contributed by atoms with Crippen molar-refractivity contribution in [2.75, 3.05) is 19.8 Å². The van der Waals surface area contributed by atoms with Crippen LogP contribution in [0.2, 0.25) is 0 Å². The molecule has 59 heavy (non-hydrogen) atoms. The number of unbranched alkanes of at least 4 members (excludes halogenated alkanes) is 32. The van der Waals surface area contributed by atoms with E-state index in [0.29, 0.717) is 12.8 Å². The van der Waals surface area contributed by atoms with Crippen molar-refractivity contribution in [3.8, 4) is 0 Å². The third-order valence-electron chi connectivity index (χ3n) is 11.7. The molecule has 0 rings (SSSR count). The number of hydrogen-bond acceptors (Lipinski definition) is 7. The second kappa shape index (κ2) is 45.2. The minimum atomic E-state index is -4.38. The maximum atomic E-state index is 12.9. The summed E-state index contributed by atoms with van der Waals surface area (Å²) >= 11 is 0. The maximum Gasteiger partial charge on any atom is 0.472 e. The van der Waals surface area contributed by atoms with E-state index in [-0.39, 0.29) is 26.2 Å². The van der Waals surface area contributed by atoms with Crippen molar-refractivity contribution in [3.63, 3.8) is 0 Å². The van der Waals surface area contributed by atoms with E-state index in [1.165, 1.54) is 180 Å². The summed E-state index contributed by atoms with van der Waals surface area (Å²) in [5, 5.41) is 24.3. The van der Waals surface area contributed by atoms with Gasteiger partial charge in [0.1, 0.15) is 0 Å². The highest BCUT2D eigenvalue weighted by Gasteiger charge is 2.28. The predicted octanol–water partition coefficient (Wildman–Crippen LogP) is 13.7. The molecular weight excluding hydrogens is 760 g/mol. The van der Waals surface area contributed by atoms with Crippen LogP contribution in [-0.4, -0.2) is 59.0 Å². The van der Waals surface area contributed by atoms with E-state index >= 15 is 0 Å². The molecule has 0 aromatic heterocycles. The molecule has 0 aliphatic carbocycles. The predicted molar refractivity (Wildman–Crippen MR) is 251 cm³/mol. The highest BCUT2D eigenvalue weighted by atomic mass is 31.2. The van der Waals surface area contributed by atoms with Crippen LogP contribution in [0.4, 0.5) is 0 Å². The second-order valence-electron chi connectivity index (χ2n) is 17.6. The summed E-state index contributed by atoms with van der Waals surface area (Å²) in [4.78, 5) is 22.9. The van der Waals surface area contributed by atoms with Crippen LogP contribution in [0.5, 0.6) is 0 Å². The molecule has 0 fully saturated rings. The third kappa shape index (κ3) is 43.6. The van der Waals surface area contributed by atoms with Crippen LogP contribution in [-0.2, 0) is 18.4 Å². The number of amides is 1. The van der Waals surface area contributed by atoms with Crippen molar-refractivity contribution >= 4 is 13.7 Å². The molecule has 0 saturated heterocycles. The molecule has 4 unspecified atom stereocenters. The lowest BCUT2D eigenvalue weighted by atomic mass is 10.0. The third-order valence-corrected chi connectivity index (χ3v) is 12.7. The first-order chi connectivity index (χ1) is 28.8. The lowest BCUT2D eigenvalue weighted by molar-refractivity contribution is -0.125. The number of nitrogens with one attached hydrogen (secondary N) is 1. The lowest BCUT2D eigenvalue weighted by Gasteiger charge is -2.25. The number of rotatable bonds is 48. The van der Waals surface area contributed by atoms with Crippen LogP contribution in [0.3, 0.4) is 0 Å². The van der Waals surface area contributed by atoms with E-state index in [4.69, 9.17) is 14.8 Å². The SMILES string of the molecule is CCCCCCCCCCCCCC/C=C\CCCCCCCC(O)CC(=O)NC(COP(=O)(O)OCCN)C(O)CCCCCCCCCCCCCCCCCC. The molecule has 0 aliphatic rings. The van der Waals surface area contributed by atoms with Crippen LogP contribution in [0.25, 0.3) is 0 Å². The molecule has 0 radical (unpaired) electrons. The van der Waals surface area contributed by atoms with E-state index in [2.05, 4.69) is 31.3 Å². The Bertz CT molecular complexity index is 955. The van der Waals surface area contributed by atoms with Crippen molar-refractivity contribution in [3.05, 3.63) is 12.2 Å². The Labute approximate surface area is 365 Å². The van der Waals surface area contributed by atoms with Gasteiger partial charge < -0.3 is 26.2 Å². The van der Waals surface area contributed by atoms with Gasteiger partial charge in [-0.05, 0) is 38.5 Å². The molecule has 1 amide bonds. The van der Waals surface area contributed by atoms with Gasteiger partial charge in [0.15, 0.2) is 0 Å². The van der Waals surface area contributed by atoms with Crippen LogP contribution in [0.1, 0.15) is 258 Å². The summed E-state index contributed by atoms with van der Waals surface area (Å²) in [7, 11) is -4.38. The maximum absolute atomic E-state index is 12.9. The van der Waals surface area contributed by atoms with Crippen molar-refractivity contribution in [2.45, 2.75) is 276 Å². The van der Waals surface area contributed by atoms with Crippen LogP contribution in [0, 0.1) is 0 Å². The minimum absolute atomic E-state index is 0.0603. The van der Waals surface area contributed by atoms with Crippen LogP contribution in [0.15, 0.2) is 12.2 Å². The molecule has 10 heteroatoms. The van der Waals surface area contributed by atoms with Gasteiger partial charge in [-0.1, -0.05) is 225 Å². The fourth-order valence-corrected chi connectivity index (χ4v) is 8.58. The monoisotopic (exact) mass is 859 g/mol. The average Bonchev–Trinajstić information content (AvgIpc) is 3.21. The van der Waals surface area contributed by atoms with E-state index in [1.54, 1.807) is 0 Å². The van der Waals surface area contributed by atoms with Gasteiger partial charge in [-0.2, -0.15) is 0 Å². The van der Waals surface area contributed by atoms with Crippen LogP contribution >= 0.6 is 7.82 Å². The fourth-order valence-electron chi connectivity index (χ4n) is 7.82. The molecular formula is C49H99N2O7P. The summed E-state index contributed by atoms with van der Waals surface area (Å²) in [5.74, 6) is -0.414. The second-order valence-corrected chi connectivity index (χ2v) is 19.0. The standard InChI is InChI=1S/C49H99N2O7P/c1-3-5-7-9-11-13-15-17-19-21-22-23-24-25-26-28-30-32-34-36-38-40-46(52)44-49(54)51-47(45-58-59(55,56)57-43-42-50)48(53)41-39-37-35-33-31-29-27-20-18-16-14-12-10-8-6-4-2/h25-26,46-48,52-53H,3-24,27-45,50H2,1-2H3,(H,51,54)(H,55,56)/b26-25-. The zero-order valence-corrected chi connectivity index (χ0v) is 39.8. The zero-order chi connectivity index (χ0) is 43.3. The van der Waals surface area contributed by atoms with Crippen molar-refractivity contribution in [2.24, 2.45) is 5.73 Å². The topological polar surface area (TPSA) is 151 Å². The number of carbonyl (C=O) groups excluding carboxylic acids is 1. The van der Waals surface area contributed by atoms with E-state index in [1.807, 2.05) is 0 Å². The van der Waals surface area contributed by atoms with Gasteiger partial charge in [-0.3, -0.25) is 13.8 Å². The molecule has 0 heterocycles. The van der Waals surface area contributed by atoms with Gasteiger partial charge in [0.25, 0.3) is 0 Å². The first kappa shape index (κ1) is 58.2. The first-order valence-corrected chi connectivity index (χ1v) is 26.9. The summed E-state index contributed by atoms with van der Waals surface area (Å²) in [6.45, 7) is 4.08. The van der Waals surface area contributed by atoms with E-state index < -0.39 is 32.0 Å². The highest BCUT2D eigenvalue weighted by Crippen LogP contribution is 2.43. The van der Waals surface area contributed by atoms with Gasteiger partial charge in [-0.15, -0.1) is 0 Å². The molecule has 0 aromatic carbocycles. The normalized spacial score (nSPS) is 14.5. The van der Waals surface area contributed by atoms with Crippen molar-refractivity contribution in [1.29, 1.82) is 0 Å². The number of allylic oxidation sites excluding steroid dienone is 2. The zero-order valence-electron chi connectivity index (χ0n) is 38.9. The Hall–Kier alpha value is -0.800. The summed E-state index contributed by atoms with van der Waals surface area (Å²) in [6.07, 6.45) is 48.3. The Morgan fingerprint density at radius 3 is 1.31 bits per heavy atom. The number of phosphoric acid groups is 1. The molecule has 4 atom stereocenters. The van der Waals surface area contributed by atoms with Gasteiger partial charge in [-0.25, -0.2) is 4.57 Å². The lowest BCUT2D eigenvalue weighted by Crippen LogP contribution is -2.47. The number of phosphoric ester groups is 1. The molecule has 9 nitrogen and oxygen atoms in total. The molecule has 352 valence electrons. The molecule has 0 saturated carbocycles. The number of hydrogen-bond donors (Lipinski definition) is 5. The number of aliphatic hydroxyl groups excluding tert-OH is 2. The molecule has 0 spiro atoms. The molecule has 0 bridgehead atoms. The van der Waals surface area contributed by atoms with Crippen molar-refractivity contribution in [1.82, 2.24) is 5.32 Å². The van der Waals surface area contributed by atoms with Gasteiger partial charge >= 0.3 is 7.82 Å². The molecule has 0 aliphatic heterocycles. The van der Waals surface area contributed by atoms with Gasteiger partial charge in [0.2, 0.25) is 5.91 Å². The van der Waals surface area contributed by atoms with Gasteiger partial charge in [0.05, 0.1) is 37.9 Å². The van der Waals surface area contributed by atoms with Crippen LogP contribution < -0.4 is 11.1 Å². The number of nitrogens with two attached hydrogens (primary N) is 1. The average molecular weight is 859 g/mol. The molecule has 0 aromatic rings. The minimum Gasteiger partial charge on any atom is -0.393 e. The Kier molecular flexibility index (Phi) is 44.6. The van der Waals surface area contributed by atoms with Gasteiger partial charge in [0, 0.05) is 6.54 Å². The highest BCUT2D eigenvalue weighted by molar-refractivity contribution is 7.47. The number of carbonyl (C=O) groups is 1. The Balaban J connectivity index is 4.14. The summed E-state index contributed by atoms with van der Waals surface area (Å²) < 4.78 is 22.2. The van der Waals surface area contributed by atoms with E-state index in [0.717, 1.165) is 44.9 Å². The van der Waals surface area contributed by atoms with E-state index in [9.17, 15) is 24.5 Å². The quantitative estimate of drug-likeness (QED) is 0.0230. The van der Waals surface area contributed by atoms with Crippen molar-refractivity contribution < 1.29 is 33.5 Å². The summed E-state index contributed by atoms with van der Waals surface area (Å²) in [5.41, 5.74) is 5.38. The first-order valence-electron chi connectivity index (χ1n) is 25.4. The molecule has 6 N–H and O–H groups in total. The number of aliphatic hydroxyl groups is 2. The smallest absolute Gasteiger partial charge is 0.393 e. The largest absolute Gasteiger partial charge is 0.472 e. The Morgan fingerprint density at radius 2 is 0.915 bits per heavy atom. The summed E-state index contributed by atoms with van der Waals surface area (Å²) in [6, 6.07) is -0.897. The fraction of sp³-hybridized carbons (Fsp3) is 0.939. The Morgan fingerprint density at radius 1 is 0.559 bits per heavy atom.